The molecule has 1 aromatic carbocycles. The van der Waals surface area contributed by atoms with Crippen molar-refractivity contribution in [3.8, 4) is 0 Å². The molecule has 1 aromatic heterocycles. The fraction of sp³-hybridized carbons (Fsp3) is 0.579. The van der Waals surface area contributed by atoms with E-state index < -0.39 is 0 Å². The topological polar surface area (TPSA) is 61.5 Å². The molecule has 6 nitrogen and oxygen atoms in total. The highest BCUT2D eigenvalue weighted by Crippen LogP contribution is 2.33. The Balaban J connectivity index is 1.35. The molecule has 2 fully saturated rings. The summed E-state index contributed by atoms with van der Waals surface area (Å²) in [6.07, 6.45) is 4.01. The van der Waals surface area contributed by atoms with E-state index in [0.29, 0.717) is 5.92 Å². The monoisotopic (exact) mass is 342 g/mol. The Labute approximate surface area is 148 Å². The lowest BCUT2D eigenvalue weighted by molar-refractivity contribution is -0.141. The van der Waals surface area contributed by atoms with E-state index in [1.165, 1.54) is 0 Å². The summed E-state index contributed by atoms with van der Waals surface area (Å²) in [7, 11) is 3.59. The van der Waals surface area contributed by atoms with E-state index in [1.807, 2.05) is 18.2 Å². The number of anilines is 1. The molecular formula is C19H26N4O2. The molecule has 25 heavy (non-hydrogen) atoms. The molecule has 0 radical (unpaired) electrons. The van der Waals surface area contributed by atoms with Crippen molar-refractivity contribution in [2.75, 3.05) is 32.1 Å². The third kappa shape index (κ3) is 3.23. The van der Waals surface area contributed by atoms with Gasteiger partial charge in [-0.25, -0.2) is 4.98 Å². The number of ether oxygens (including phenoxy) is 1. The Kier molecular flexibility index (Phi) is 4.37. The number of nitrogens with zero attached hydrogens (tertiary/aromatic N) is 3. The van der Waals surface area contributed by atoms with Crippen molar-refractivity contribution in [1.82, 2.24) is 14.9 Å². The highest BCUT2D eigenvalue weighted by molar-refractivity contribution is 5.80. The highest BCUT2D eigenvalue weighted by Gasteiger charge is 2.37. The Morgan fingerprint density at radius 1 is 1.20 bits per heavy atom. The van der Waals surface area contributed by atoms with Crippen LogP contribution in [0.2, 0.25) is 0 Å². The molecular weight excluding hydrogens is 316 g/mol. The Morgan fingerprint density at radius 3 is 2.68 bits per heavy atom. The number of piperidine rings is 1. The zero-order chi connectivity index (χ0) is 17.4. The number of carbonyl (C=O) groups excluding carboxylic acids is 1. The maximum Gasteiger partial charge on any atom is 0.251 e. The second-order valence-corrected chi connectivity index (χ2v) is 7.38. The first kappa shape index (κ1) is 16.4. The van der Waals surface area contributed by atoms with Gasteiger partial charge < -0.3 is 19.5 Å². The molecule has 134 valence electrons. The molecule has 0 unspecified atom stereocenters. The third-order valence-corrected chi connectivity index (χ3v) is 5.51. The van der Waals surface area contributed by atoms with Crippen LogP contribution < -0.4 is 4.90 Å². The molecule has 0 saturated carbocycles. The lowest BCUT2D eigenvalue weighted by atomic mass is 9.90. The van der Waals surface area contributed by atoms with Gasteiger partial charge in [0, 0.05) is 27.2 Å². The van der Waals surface area contributed by atoms with Gasteiger partial charge >= 0.3 is 0 Å². The summed E-state index contributed by atoms with van der Waals surface area (Å²) < 4.78 is 6.08. The molecule has 2 aromatic rings. The van der Waals surface area contributed by atoms with Gasteiger partial charge in [0.15, 0.2) is 0 Å². The minimum absolute atomic E-state index is 0.0993. The third-order valence-electron chi connectivity index (χ3n) is 5.51. The van der Waals surface area contributed by atoms with Crippen LogP contribution in [0.1, 0.15) is 25.7 Å². The minimum Gasteiger partial charge on any atom is -0.365 e. The molecule has 2 aliphatic heterocycles. The van der Waals surface area contributed by atoms with Gasteiger partial charge in [0.2, 0.25) is 5.95 Å². The minimum atomic E-state index is -0.242. The van der Waals surface area contributed by atoms with Crippen molar-refractivity contribution in [3.63, 3.8) is 0 Å². The van der Waals surface area contributed by atoms with Gasteiger partial charge in [-0.15, -0.1) is 0 Å². The maximum absolute atomic E-state index is 12.1. The second-order valence-electron chi connectivity index (χ2n) is 7.38. The van der Waals surface area contributed by atoms with Crippen LogP contribution >= 0.6 is 0 Å². The lowest BCUT2D eigenvalue weighted by Crippen LogP contribution is -2.39. The Morgan fingerprint density at radius 2 is 1.96 bits per heavy atom. The number of benzene rings is 1. The summed E-state index contributed by atoms with van der Waals surface area (Å²) in [5.41, 5.74) is 2.10. The molecule has 3 heterocycles. The van der Waals surface area contributed by atoms with Crippen LogP contribution in [0.3, 0.4) is 0 Å². The van der Waals surface area contributed by atoms with Crippen molar-refractivity contribution in [2.45, 2.75) is 37.9 Å². The smallest absolute Gasteiger partial charge is 0.251 e. The van der Waals surface area contributed by atoms with Crippen molar-refractivity contribution in [2.24, 2.45) is 5.92 Å². The molecule has 0 spiro atoms. The highest BCUT2D eigenvalue weighted by atomic mass is 16.5. The summed E-state index contributed by atoms with van der Waals surface area (Å²) in [6.45, 7) is 1.97. The molecule has 2 saturated heterocycles. The molecule has 1 amide bonds. The molecule has 4 rings (SSSR count). The first-order valence-electron chi connectivity index (χ1n) is 9.18. The van der Waals surface area contributed by atoms with Gasteiger partial charge in [0.05, 0.1) is 17.1 Å². The number of hydrogen-bond acceptors (Lipinski definition) is 4. The summed E-state index contributed by atoms with van der Waals surface area (Å²) in [6, 6.07) is 8.14. The van der Waals surface area contributed by atoms with Gasteiger partial charge in [-0.1, -0.05) is 12.1 Å². The molecule has 2 aliphatic rings. The van der Waals surface area contributed by atoms with Gasteiger partial charge in [-0.3, -0.25) is 4.79 Å². The van der Waals surface area contributed by atoms with E-state index >= 15 is 0 Å². The largest absolute Gasteiger partial charge is 0.365 e. The van der Waals surface area contributed by atoms with Gasteiger partial charge in [-0.2, -0.15) is 0 Å². The number of aromatic nitrogens is 2. The average molecular weight is 342 g/mol. The maximum atomic E-state index is 12.1. The zero-order valence-corrected chi connectivity index (χ0v) is 14.9. The van der Waals surface area contributed by atoms with Crippen LogP contribution in [0, 0.1) is 5.92 Å². The van der Waals surface area contributed by atoms with Crippen LogP contribution in [-0.4, -0.2) is 60.2 Å². The number of nitrogens with one attached hydrogen (secondary N) is 1. The van der Waals surface area contributed by atoms with E-state index in [0.717, 1.165) is 55.8 Å². The van der Waals surface area contributed by atoms with Crippen molar-refractivity contribution in [3.05, 3.63) is 24.3 Å². The quantitative estimate of drug-likeness (QED) is 0.930. The molecule has 6 heteroatoms. The number of fused-ring (bicyclic) bond motifs is 1. The number of rotatable bonds is 3. The summed E-state index contributed by atoms with van der Waals surface area (Å²) in [5.74, 6) is 1.61. The van der Waals surface area contributed by atoms with Gasteiger partial charge in [0.25, 0.3) is 5.91 Å². The number of hydrogen-bond donors (Lipinski definition) is 1. The fourth-order valence-electron chi connectivity index (χ4n) is 4.05. The first-order chi connectivity index (χ1) is 12.1. The van der Waals surface area contributed by atoms with E-state index in [1.54, 1.807) is 19.0 Å². The van der Waals surface area contributed by atoms with Crippen molar-refractivity contribution < 1.29 is 9.53 Å². The van der Waals surface area contributed by atoms with E-state index in [2.05, 4.69) is 16.0 Å². The lowest BCUT2D eigenvalue weighted by Gasteiger charge is -2.34. The van der Waals surface area contributed by atoms with Crippen LogP contribution in [-0.2, 0) is 9.53 Å². The van der Waals surface area contributed by atoms with Gasteiger partial charge in [0.1, 0.15) is 6.10 Å². The average Bonchev–Trinajstić information content (AvgIpc) is 3.28. The Bertz CT molecular complexity index is 716. The number of carbonyl (C=O) groups is 1. The number of imidazole rings is 1. The van der Waals surface area contributed by atoms with E-state index in [-0.39, 0.29) is 18.1 Å². The van der Waals surface area contributed by atoms with E-state index in [4.69, 9.17) is 9.72 Å². The van der Waals surface area contributed by atoms with Crippen LogP contribution in [0.4, 0.5) is 5.95 Å². The number of para-hydroxylation sites is 2. The molecule has 1 N–H and O–H groups in total. The second kappa shape index (κ2) is 6.67. The van der Waals surface area contributed by atoms with Crippen LogP contribution in [0.15, 0.2) is 24.3 Å². The first-order valence-corrected chi connectivity index (χ1v) is 9.18. The number of amides is 1. The molecule has 2 atom stereocenters. The van der Waals surface area contributed by atoms with Crippen molar-refractivity contribution >= 4 is 22.9 Å². The van der Waals surface area contributed by atoms with E-state index in [9.17, 15) is 4.79 Å². The SMILES string of the molecule is CN(C)C(=O)[C@H]1CC[C@@H](C2CCN(c3nc4ccccc4[nH]3)CC2)O1. The zero-order valence-electron chi connectivity index (χ0n) is 14.9. The molecule has 0 aliphatic carbocycles. The number of likely N-dealkylation sites (N-methyl/N-ethyl adjacent to an activating group) is 1. The standard InChI is InChI=1S/C19H26N4O2/c1-22(2)18(24)17-8-7-16(25-17)13-9-11-23(12-10-13)19-20-14-5-3-4-6-15(14)21-19/h3-6,13,16-17H,7-12H2,1-2H3,(H,20,21)/t16-,17+/m0/s1. The van der Waals surface area contributed by atoms with Gasteiger partial charge in [-0.05, 0) is 43.7 Å². The Hall–Kier alpha value is -2.08. The predicted octanol–water partition coefficient (Wildman–Crippen LogP) is 2.42. The van der Waals surface area contributed by atoms with Crippen molar-refractivity contribution in [1.29, 1.82) is 0 Å². The predicted molar refractivity (Wildman–Crippen MR) is 97.6 cm³/mol. The molecule has 0 bridgehead atoms. The van der Waals surface area contributed by atoms with Crippen LogP contribution in [0.5, 0.6) is 0 Å². The van der Waals surface area contributed by atoms with Crippen LogP contribution in [0.25, 0.3) is 11.0 Å². The fourth-order valence-corrected chi connectivity index (χ4v) is 4.05. The number of aromatic amines is 1. The summed E-state index contributed by atoms with van der Waals surface area (Å²) >= 11 is 0. The normalized spacial score (nSPS) is 24.8. The summed E-state index contributed by atoms with van der Waals surface area (Å²) in [5, 5.41) is 0. The number of H-pyrrole nitrogens is 1. The summed E-state index contributed by atoms with van der Waals surface area (Å²) in [4.78, 5) is 24.2.